The second kappa shape index (κ2) is 8.78. The molecule has 0 aromatic carbocycles. The lowest BCUT2D eigenvalue weighted by molar-refractivity contribution is -0.0963. The quantitative estimate of drug-likeness (QED) is 0.750. The molecule has 0 N–H and O–H groups in total. The summed E-state index contributed by atoms with van der Waals surface area (Å²) in [5.41, 5.74) is 0.608. The summed E-state index contributed by atoms with van der Waals surface area (Å²) in [7, 11) is 0. The van der Waals surface area contributed by atoms with Crippen molar-refractivity contribution in [2.45, 2.75) is 72.0 Å². The van der Waals surface area contributed by atoms with E-state index in [4.69, 9.17) is 4.74 Å². The van der Waals surface area contributed by atoms with Gasteiger partial charge in [0.25, 0.3) is 5.91 Å². The average molecular weight is 339 g/mol. The van der Waals surface area contributed by atoms with Gasteiger partial charge >= 0.3 is 0 Å². The van der Waals surface area contributed by atoms with Gasteiger partial charge in [0.05, 0.1) is 17.2 Å². The Kier molecular flexibility index (Phi) is 7.03. The van der Waals surface area contributed by atoms with E-state index in [1.165, 1.54) is 0 Å². The third kappa shape index (κ3) is 5.01. The molecule has 5 heteroatoms. The molecule has 1 fully saturated rings. The molecule has 0 spiro atoms. The lowest BCUT2D eigenvalue weighted by Gasteiger charge is -2.39. The number of thiazole rings is 1. The van der Waals surface area contributed by atoms with E-state index in [2.05, 4.69) is 32.7 Å². The Hall–Kier alpha value is -0.940. The van der Waals surface area contributed by atoms with Crippen LogP contribution in [0.5, 0.6) is 0 Å². The number of aryl methyl sites for hydroxylation is 1. The first-order valence-electron chi connectivity index (χ1n) is 8.94. The SMILES string of the molecule is CCCC[C@@H]1CN(C(=O)c2csc(CCC)n2)C[C@H](C(C)C)O1. The van der Waals surface area contributed by atoms with E-state index in [0.29, 0.717) is 24.7 Å². The zero-order chi connectivity index (χ0) is 16.8. The Labute approximate surface area is 144 Å². The molecule has 1 aliphatic rings. The molecular formula is C18H30N2O2S. The highest BCUT2D eigenvalue weighted by molar-refractivity contribution is 7.09. The van der Waals surface area contributed by atoms with Crippen LogP contribution in [-0.4, -0.2) is 41.1 Å². The van der Waals surface area contributed by atoms with Crippen LogP contribution in [0.25, 0.3) is 0 Å². The molecule has 0 unspecified atom stereocenters. The van der Waals surface area contributed by atoms with Crippen molar-refractivity contribution >= 4 is 17.2 Å². The maximum atomic E-state index is 12.8. The number of carbonyl (C=O) groups is 1. The van der Waals surface area contributed by atoms with E-state index < -0.39 is 0 Å². The fraction of sp³-hybridized carbons (Fsp3) is 0.778. The number of rotatable bonds is 7. The van der Waals surface area contributed by atoms with E-state index in [1.807, 2.05) is 10.3 Å². The third-order valence-corrected chi connectivity index (χ3v) is 5.25. The highest BCUT2D eigenvalue weighted by atomic mass is 32.1. The van der Waals surface area contributed by atoms with Gasteiger partial charge in [-0.2, -0.15) is 0 Å². The summed E-state index contributed by atoms with van der Waals surface area (Å²) >= 11 is 1.60. The van der Waals surface area contributed by atoms with Crippen LogP contribution in [0.1, 0.15) is 68.9 Å². The predicted octanol–water partition coefficient (Wildman–Crippen LogP) is 4.15. The first-order chi connectivity index (χ1) is 11.0. The fourth-order valence-electron chi connectivity index (χ4n) is 2.90. The number of unbranched alkanes of at least 4 members (excludes halogenated alkanes) is 1. The number of hydrogen-bond acceptors (Lipinski definition) is 4. The van der Waals surface area contributed by atoms with Gasteiger partial charge in [-0.05, 0) is 25.2 Å². The summed E-state index contributed by atoms with van der Waals surface area (Å²) in [5, 5.41) is 2.97. The summed E-state index contributed by atoms with van der Waals surface area (Å²) in [4.78, 5) is 19.3. The van der Waals surface area contributed by atoms with Gasteiger partial charge in [-0.15, -0.1) is 11.3 Å². The van der Waals surface area contributed by atoms with Gasteiger partial charge in [0.2, 0.25) is 0 Å². The largest absolute Gasteiger partial charge is 0.371 e. The van der Waals surface area contributed by atoms with Gasteiger partial charge in [-0.25, -0.2) is 4.98 Å². The lowest BCUT2D eigenvalue weighted by atomic mass is 10.0. The van der Waals surface area contributed by atoms with Crippen molar-refractivity contribution in [1.82, 2.24) is 9.88 Å². The van der Waals surface area contributed by atoms with Crippen molar-refractivity contribution in [1.29, 1.82) is 0 Å². The molecule has 1 amide bonds. The van der Waals surface area contributed by atoms with Crippen LogP contribution >= 0.6 is 11.3 Å². The molecule has 1 saturated heterocycles. The van der Waals surface area contributed by atoms with Gasteiger partial charge in [0.15, 0.2) is 0 Å². The lowest BCUT2D eigenvalue weighted by Crippen LogP contribution is -2.51. The van der Waals surface area contributed by atoms with Gasteiger partial charge in [0, 0.05) is 18.5 Å². The summed E-state index contributed by atoms with van der Waals surface area (Å²) in [6.45, 7) is 10.0. The van der Waals surface area contributed by atoms with Crippen LogP contribution in [0.4, 0.5) is 0 Å². The predicted molar refractivity (Wildman–Crippen MR) is 95.0 cm³/mol. The number of nitrogens with zero attached hydrogens (tertiary/aromatic N) is 2. The molecule has 0 aliphatic carbocycles. The van der Waals surface area contributed by atoms with Crippen LogP contribution < -0.4 is 0 Å². The van der Waals surface area contributed by atoms with E-state index in [1.54, 1.807) is 11.3 Å². The molecule has 0 saturated carbocycles. The van der Waals surface area contributed by atoms with E-state index >= 15 is 0 Å². The van der Waals surface area contributed by atoms with Gasteiger partial charge in [-0.3, -0.25) is 4.79 Å². The summed E-state index contributed by atoms with van der Waals surface area (Å²) in [6, 6.07) is 0. The van der Waals surface area contributed by atoms with Crippen LogP contribution in [0.2, 0.25) is 0 Å². The maximum absolute atomic E-state index is 12.8. The van der Waals surface area contributed by atoms with E-state index in [0.717, 1.165) is 37.1 Å². The average Bonchev–Trinajstić information content (AvgIpc) is 3.00. The van der Waals surface area contributed by atoms with Gasteiger partial charge in [-0.1, -0.05) is 40.5 Å². The number of hydrogen-bond donors (Lipinski definition) is 0. The molecule has 2 heterocycles. The maximum Gasteiger partial charge on any atom is 0.273 e. The number of ether oxygens (including phenoxy) is 1. The van der Waals surface area contributed by atoms with Crippen molar-refractivity contribution in [3.63, 3.8) is 0 Å². The number of morpholine rings is 1. The Morgan fingerprint density at radius 1 is 1.39 bits per heavy atom. The first-order valence-corrected chi connectivity index (χ1v) is 9.82. The fourth-order valence-corrected chi connectivity index (χ4v) is 3.77. The minimum Gasteiger partial charge on any atom is -0.371 e. The Morgan fingerprint density at radius 3 is 2.83 bits per heavy atom. The molecular weight excluding hydrogens is 308 g/mol. The number of amides is 1. The minimum atomic E-state index is 0.0686. The number of carbonyl (C=O) groups excluding carboxylic acids is 1. The standard InChI is InChI=1S/C18H30N2O2S/c1-5-7-9-14-10-20(11-16(22-14)13(3)4)18(21)15-12-23-17(19-15)8-6-2/h12-14,16H,5-11H2,1-4H3/t14-,16-/m1/s1. The summed E-state index contributed by atoms with van der Waals surface area (Å²) in [6.07, 6.45) is 5.64. The highest BCUT2D eigenvalue weighted by Crippen LogP contribution is 2.23. The molecule has 1 aromatic heterocycles. The molecule has 23 heavy (non-hydrogen) atoms. The van der Waals surface area contributed by atoms with Crippen LogP contribution in [-0.2, 0) is 11.2 Å². The second-order valence-corrected chi connectivity index (χ2v) is 7.71. The Morgan fingerprint density at radius 2 is 2.17 bits per heavy atom. The van der Waals surface area contributed by atoms with Crippen molar-refractivity contribution in [3.05, 3.63) is 16.1 Å². The molecule has 1 aromatic rings. The molecule has 4 nitrogen and oxygen atoms in total. The molecule has 130 valence electrons. The third-order valence-electron chi connectivity index (χ3n) is 4.34. The second-order valence-electron chi connectivity index (χ2n) is 6.77. The monoisotopic (exact) mass is 338 g/mol. The molecule has 0 bridgehead atoms. The van der Waals surface area contributed by atoms with Crippen LogP contribution in [0.3, 0.4) is 0 Å². The summed E-state index contributed by atoms with van der Waals surface area (Å²) in [5.74, 6) is 0.486. The molecule has 2 atom stereocenters. The van der Waals surface area contributed by atoms with Crippen molar-refractivity contribution < 1.29 is 9.53 Å². The molecule has 0 radical (unpaired) electrons. The summed E-state index contributed by atoms with van der Waals surface area (Å²) < 4.78 is 6.20. The van der Waals surface area contributed by atoms with Crippen molar-refractivity contribution in [2.75, 3.05) is 13.1 Å². The van der Waals surface area contributed by atoms with Crippen LogP contribution in [0.15, 0.2) is 5.38 Å². The zero-order valence-electron chi connectivity index (χ0n) is 14.9. The topological polar surface area (TPSA) is 42.4 Å². The number of aromatic nitrogens is 1. The highest BCUT2D eigenvalue weighted by Gasteiger charge is 2.32. The molecule has 1 aliphatic heterocycles. The van der Waals surface area contributed by atoms with Gasteiger partial charge < -0.3 is 9.64 Å². The normalized spacial score (nSPS) is 21.9. The van der Waals surface area contributed by atoms with Crippen molar-refractivity contribution in [3.8, 4) is 0 Å². The van der Waals surface area contributed by atoms with Crippen molar-refractivity contribution in [2.24, 2.45) is 5.92 Å². The zero-order valence-corrected chi connectivity index (χ0v) is 15.7. The van der Waals surface area contributed by atoms with Gasteiger partial charge in [0.1, 0.15) is 5.69 Å². The molecule has 2 rings (SSSR count). The van der Waals surface area contributed by atoms with E-state index in [9.17, 15) is 4.79 Å². The Balaban J connectivity index is 2.06. The smallest absolute Gasteiger partial charge is 0.273 e. The first kappa shape index (κ1) is 18.4. The van der Waals surface area contributed by atoms with Crippen LogP contribution in [0, 0.1) is 5.92 Å². The van der Waals surface area contributed by atoms with E-state index in [-0.39, 0.29) is 18.1 Å². The Bertz CT molecular complexity index is 501. The minimum absolute atomic E-state index is 0.0686.